The molecule has 0 bridgehead atoms. The fourth-order valence-electron chi connectivity index (χ4n) is 2.89. The third kappa shape index (κ3) is 2.87. The molecule has 2 heterocycles. The molecular formula is C15H23N3O2. The fraction of sp³-hybridized carbons (Fsp3) is 0.733. The molecule has 3 rings (SSSR count). The lowest BCUT2D eigenvalue weighted by molar-refractivity contribution is 0.0702. The van der Waals surface area contributed by atoms with Gasteiger partial charge in [0.05, 0.1) is 5.69 Å². The van der Waals surface area contributed by atoms with E-state index in [2.05, 4.69) is 10.5 Å². The van der Waals surface area contributed by atoms with Gasteiger partial charge in [-0.15, -0.1) is 0 Å². The van der Waals surface area contributed by atoms with Gasteiger partial charge < -0.3 is 14.7 Å². The SMILES string of the molecule is Cc1noc(C)c1C(=O)N1CCC(NCC2CC2)CC1. The van der Waals surface area contributed by atoms with Gasteiger partial charge in [-0.1, -0.05) is 5.16 Å². The maximum Gasteiger partial charge on any atom is 0.259 e. The van der Waals surface area contributed by atoms with E-state index in [0.717, 1.165) is 38.4 Å². The molecule has 5 nitrogen and oxygen atoms in total. The Kier molecular flexibility index (Phi) is 3.78. The summed E-state index contributed by atoms with van der Waals surface area (Å²) < 4.78 is 5.09. The van der Waals surface area contributed by atoms with Crippen molar-refractivity contribution in [1.29, 1.82) is 0 Å². The summed E-state index contributed by atoms with van der Waals surface area (Å²) in [6.45, 7) is 6.43. The van der Waals surface area contributed by atoms with E-state index in [1.165, 1.54) is 12.8 Å². The second-order valence-electron chi connectivity index (χ2n) is 6.12. The number of piperidine rings is 1. The van der Waals surface area contributed by atoms with Gasteiger partial charge in [0.1, 0.15) is 11.3 Å². The lowest BCUT2D eigenvalue weighted by Gasteiger charge is -2.32. The number of amides is 1. The quantitative estimate of drug-likeness (QED) is 0.913. The number of hydrogen-bond donors (Lipinski definition) is 1. The van der Waals surface area contributed by atoms with Crippen LogP contribution in [0.5, 0.6) is 0 Å². The molecule has 110 valence electrons. The Bertz CT molecular complexity index is 466. The number of nitrogens with one attached hydrogen (secondary N) is 1. The van der Waals surface area contributed by atoms with Crippen molar-refractivity contribution in [3.8, 4) is 0 Å². The molecule has 20 heavy (non-hydrogen) atoms. The zero-order valence-electron chi connectivity index (χ0n) is 12.3. The smallest absolute Gasteiger partial charge is 0.259 e. The van der Waals surface area contributed by atoms with E-state index in [0.29, 0.717) is 23.1 Å². The van der Waals surface area contributed by atoms with Gasteiger partial charge in [0.25, 0.3) is 5.91 Å². The molecular weight excluding hydrogens is 254 g/mol. The number of aromatic nitrogens is 1. The third-order valence-corrected chi connectivity index (χ3v) is 4.42. The van der Waals surface area contributed by atoms with Gasteiger partial charge in [-0.2, -0.15) is 0 Å². The summed E-state index contributed by atoms with van der Waals surface area (Å²) >= 11 is 0. The second-order valence-corrected chi connectivity index (χ2v) is 6.12. The third-order valence-electron chi connectivity index (χ3n) is 4.42. The van der Waals surface area contributed by atoms with Crippen LogP contribution in [0.3, 0.4) is 0 Å². The van der Waals surface area contributed by atoms with E-state index in [-0.39, 0.29) is 5.91 Å². The summed E-state index contributed by atoms with van der Waals surface area (Å²) in [5.74, 6) is 1.61. The summed E-state index contributed by atoms with van der Waals surface area (Å²) in [6.07, 6.45) is 4.86. The van der Waals surface area contributed by atoms with Crippen LogP contribution < -0.4 is 5.32 Å². The van der Waals surface area contributed by atoms with Crippen LogP contribution in [0.25, 0.3) is 0 Å². The van der Waals surface area contributed by atoms with Crippen molar-refractivity contribution in [2.75, 3.05) is 19.6 Å². The maximum absolute atomic E-state index is 12.5. The number of aryl methyl sites for hydroxylation is 2. The summed E-state index contributed by atoms with van der Waals surface area (Å²) in [5, 5.41) is 7.50. The average molecular weight is 277 g/mol. The number of rotatable bonds is 4. The van der Waals surface area contributed by atoms with Crippen molar-refractivity contribution >= 4 is 5.91 Å². The molecule has 1 saturated heterocycles. The Morgan fingerprint density at radius 3 is 2.55 bits per heavy atom. The minimum absolute atomic E-state index is 0.0712. The largest absolute Gasteiger partial charge is 0.361 e. The molecule has 1 saturated carbocycles. The Hall–Kier alpha value is -1.36. The normalized spacial score (nSPS) is 20.4. The molecule has 1 amide bonds. The molecule has 1 aliphatic heterocycles. The standard InChI is InChI=1S/C15H23N3O2/c1-10-14(11(2)20-17-10)15(19)18-7-5-13(6-8-18)16-9-12-3-4-12/h12-13,16H,3-9H2,1-2H3. The van der Waals surface area contributed by atoms with Crippen molar-refractivity contribution < 1.29 is 9.32 Å². The van der Waals surface area contributed by atoms with Crippen molar-refractivity contribution in [3.05, 3.63) is 17.0 Å². The number of nitrogens with zero attached hydrogens (tertiary/aromatic N) is 2. The molecule has 2 fully saturated rings. The first-order valence-corrected chi connectivity index (χ1v) is 7.60. The summed E-state index contributed by atoms with van der Waals surface area (Å²) in [7, 11) is 0. The highest BCUT2D eigenvalue weighted by Gasteiger charge is 2.28. The Morgan fingerprint density at radius 1 is 1.30 bits per heavy atom. The van der Waals surface area contributed by atoms with Gasteiger partial charge in [0.2, 0.25) is 0 Å². The van der Waals surface area contributed by atoms with Gasteiger partial charge in [0.15, 0.2) is 0 Å². The van der Waals surface area contributed by atoms with E-state index in [4.69, 9.17) is 4.52 Å². The number of carbonyl (C=O) groups excluding carboxylic acids is 1. The lowest BCUT2D eigenvalue weighted by atomic mass is 10.0. The minimum Gasteiger partial charge on any atom is -0.361 e. The predicted molar refractivity (Wildman–Crippen MR) is 75.6 cm³/mol. The molecule has 0 unspecified atom stereocenters. The van der Waals surface area contributed by atoms with Gasteiger partial charge in [-0.25, -0.2) is 0 Å². The molecule has 0 aromatic carbocycles. The van der Waals surface area contributed by atoms with Crippen LogP contribution in [0.4, 0.5) is 0 Å². The van der Waals surface area contributed by atoms with Gasteiger partial charge in [0, 0.05) is 19.1 Å². The van der Waals surface area contributed by atoms with Crippen LogP contribution in [0, 0.1) is 19.8 Å². The van der Waals surface area contributed by atoms with Gasteiger partial charge in [-0.05, 0) is 52.0 Å². The molecule has 2 aliphatic rings. The molecule has 1 aliphatic carbocycles. The van der Waals surface area contributed by atoms with Gasteiger partial charge >= 0.3 is 0 Å². The monoisotopic (exact) mass is 277 g/mol. The summed E-state index contributed by atoms with van der Waals surface area (Å²) in [5.41, 5.74) is 1.34. The topological polar surface area (TPSA) is 58.4 Å². The number of likely N-dealkylation sites (tertiary alicyclic amines) is 1. The molecule has 1 N–H and O–H groups in total. The van der Waals surface area contributed by atoms with Crippen LogP contribution in [0.2, 0.25) is 0 Å². The van der Waals surface area contributed by atoms with Gasteiger partial charge in [-0.3, -0.25) is 4.79 Å². The Labute approximate surface area is 119 Å². The molecule has 0 atom stereocenters. The zero-order chi connectivity index (χ0) is 14.1. The van der Waals surface area contributed by atoms with Crippen LogP contribution in [-0.2, 0) is 0 Å². The number of hydrogen-bond acceptors (Lipinski definition) is 4. The average Bonchev–Trinajstić information content (AvgIpc) is 3.22. The molecule has 5 heteroatoms. The summed E-state index contributed by atoms with van der Waals surface area (Å²) in [4.78, 5) is 14.4. The Balaban J connectivity index is 1.53. The van der Waals surface area contributed by atoms with E-state index in [1.54, 1.807) is 6.92 Å². The highest BCUT2D eigenvalue weighted by Crippen LogP contribution is 2.28. The maximum atomic E-state index is 12.5. The second kappa shape index (κ2) is 5.56. The van der Waals surface area contributed by atoms with E-state index >= 15 is 0 Å². The van der Waals surface area contributed by atoms with Crippen LogP contribution in [0.1, 0.15) is 47.5 Å². The van der Waals surface area contributed by atoms with Crippen LogP contribution in [-0.4, -0.2) is 41.6 Å². The number of carbonyl (C=O) groups is 1. The van der Waals surface area contributed by atoms with Crippen molar-refractivity contribution in [1.82, 2.24) is 15.4 Å². The zero-order valence-corrected chi connectivity index (χ0v) is 12.3. The first-order chi connectivity index (χ1) is 9.65. The molecule has 0 spiro atoms. The van der Waals surface area contributed by atoms with Crippen molar-refractivity contribution in [2.45, 2.75) is 45.6 Å². The molecule has 1 aromatic rings. The predicted octanol–water partition coefficient (Wildman–Crippen LogP) is 1.90. The first-order valence-electron chi connectivity index (χ1n) is 7.60. The summed E-state index contributed by atoms with van der Waals surface area (Å²) in [6, 6.07) is 0.573. The molecule has 0 radical (unpaired) electrons. The van der Waals surface area contributed by atoms with E-state index in [1.807, 2.05) is 11.8 Å². The van der Waals surface area contributed by atoms with Crippen LogP contribution in [0.15, 0.2) is 4.52 Å². The fourth-order valence-corrected chi connectivity index (χ4v) is 2.89. The highest BCUT2D eigenvalue weighted by molar-refractivity contribution is 5.96. The van der Waals surface area contributed by atoms with Crippen molar-refractivity contribution in [2.24, 2.45) is 5.92 Å². The van der Waals surface area contributed by atoms with Crippen molar-refractivity contribution in [3.63, 3.8) is 0 Å². The molecule has 1 aromatic heterocycles. The van der Waals surface area contributed by atoms with E-state index in [9.17, 15) is 4.79 Å². The highest BCUT2D eigenvalue weighted by atomic mass is 16.5. The lowest BCUT2D eigenvalue weighted by Crippen LogP contribution is -2.45. The Morgan fingerprint density at radius 2 is 2.00 bits per heavy atom. The minimum atomic E-state index is 0.0712. The van der Waals surface area contributed by atoms with Crippen LogP contribution >= 0.6 is 0 Å². The first kappa shape index (κ1) is 13.6. The van der Waals surface area contributed by atoms with E-state index < -0.39 is 0 Å².